The molecule has 0 aliphatic carbocycles. The second-order valence-electron chi connectivity index (χ2n) is 4.45. The predicted octanol–water partition coefficient (Wildman–Crippen LogP) is 2.28. The van der Waals surface area contributed by atoms with Crippen molar-refractivity contribution < 1.29 is 14.4 Å². The van der Waals surface area contributed by atoms with Gasteiger partial charge in [0.15, 0.2) is 0 Å². The number of nitrogens with one attached hydrogen (secondary N) is 1. The highest BCUT2D eigenvalue weighted by Gasteiger charge is 2.35. The fourth-order valence-electron chi connectivity index (χ4n) is 2.27. The molecule has 1 heterocycles. The Morgan fingerprint density at radius 3 is 2.85 bits per heavy atom. The number of carbonyl (C=O) groups is 2. The van der Waals surface area contributed by atoms with Crippen LogP contribution in [-0.2, 0) is 9.63 Å². The number of benzene rings is 1. The normalized spacial score (nSPS) is 18.1. The van der Waals surface area contributed by atoms with Crippen molar-refractivity contribution in [2.45, 2.75) is 18.9 Å². The molecule has 108 valence electrons. The SMILES string of the molecule is CONC(=O)C1CCCN1C(=O)c1cc(Cl)ccc1Cl. The number of likely N-dealkylation sites (tertiary alicyclic amines) is 1. The zero-order valence-electron chi connectivity index (χ0n) is 10.9. The van der Waals surface area contributed by atoms with Gasteiger partial charge in [-0.05, 0) is 31.0 Å². The maximum Gasteiger partial charge on any atom is 0.266 e. The molecule has 2 amide bonds. The summed E-state index contributed by atoms with van der Waals surface area (Å²) in [6.07, 6.45) is 1.35. The molecule has 2 rings (SSSR count). The van der Waals surface area contributed by atoms with Gasteiger partial charge in [-0.2, -0.15) is 0 Å². The Hall–Kier alpha value is -1.30. The van der Waals surface area contributed by atoms with Crippen molar-refractivity contribution in [3.05, 3.63) is 33.8 Å². The van der Waals surface area contributed by atoms with E-state index in [1.807, 2.05) is 0 Å². The van der Waals surface area contributed by atoms with Crippen LogP contribution in [0.5, 0.6) is 0 Å². The number of carbonyl (C=O) groups excluding carboxylic acids is 2. The summed E-state index contributed by atoms with van der Waals surface area (Å²) in [4.78, 5) is 30.5. The molecule has 1 aromatic carbocycles. The summed E-state index contributed by atoms with van der Waals surface area (Å²) in [5, 5.41) is 0.743. The van der Waals surface area contributed by atoms with Crippen LogP contribution in [0.25, 0.3) is 0 Å². The van der Waals surface area contributed by atoms with Gasteiger partial charge in [0.2, 0.25) is 0 Å². The molecule has 1 aromatic rings. The Morgan fingerprint density at radius 2 is 2.15 bits per heavy atom. The van der Waals surface area contributed by atoms with Crippen LogP contribution in [0.1, 0.15) is 23.2 Å². The van der Waals surface area contributed by atoms with Gasteiger partial charge in [0.05, 0.1) is 17.7 Å². The number of rotatable bonds is 3. The first-order valence-corrected chi connectivity index (χ1v) is 6.89. The molecule has 1 aliphatic rings. The molecule has 0 radical (unpaired) electrons. The average Bonchev–Trinajstić information content (AvgIpc) is 2.90. The standard InChI is InChI=1S/C13H14Cl2N2O3/c1-20-16-12(18)11-3-2-6-17(11)13(19)9-7-8(14)4-5-10(9)15/h4-5,7,11H,2-3,6H2,1H3,(H,16,18). The van der Waals surface area contributed by atoms with E-state index in [0.29, 0.717) is 28.6 Å². The minimum Gasteiger partial charge on any atom is -0.326 e. The van der Waals surface area contributed by atoms with Crippen molar-refractivity contribution in [1.82, 2.24) is 10.4 Å². The number of hydroxylamine groups is 1. The van der Waals surface area contributed by atoms with Crippen molar-refractivity contribution in [3.63, 3.8) is 0 Å². The van der Waals surface area contributed by atoms with E-state index in [1.54, 1.807) is 12.1 Å². The van der Waals surface area contributed by atoms with Crippen LogP contribution in [0.2, 0.25) is 10.0 Å². The molecule has 1 fully saturated rings. The summed E-state index contributed by atoms with van der Waals surface area (Å²) in [5.41, 5.74) is 2.56. The zero-order valence-corrected chi connectivity index (χ0v) is 12.4. The maximum absolute atomic E-state index is 12.5. The van der Waals surface area contributed by atoms with Gasteiger partial charge in [-0.25, -0.2) is 5.48 Å². The van der Waals surface area contributed by atoms with Gasteiger partial charge < -0.3 is 4.90 Å². The highest BCUT2D eigenvalue weighted by molar-refractivity contribution is 6.35. The largest absolute Gasteiger partial charge is 0.326 e. The molecular weight excluding hydrogens is 303 g/mol. The molecule has 20 heavy (non-hydrogen) atoms. The summed E-state index contributed by atoms with van der Waals surface area (Å²) in [6.45, 7) is 0.503. The minimum atomic E-state index is -0.544. The van der Waals surface area contributed by atoms with Crippen LogP contribution in [0.3, 0.4) is 0 Å². The first-order chi connectivity index (χ1) is 9.54. The smallest absolute Gasteiger partial charge is 0.266 e. The molecule has 1 N–H and O–H groups in total. The van der Waals surface area contributed by atoms with Gasteiger partial charge in [-0.15, -0.1) is 0 Å². The molecular formula is C13H14Cl2N2O3. The van der Waals surface area contributed by atoms with Gasteiger partial charge >= 0.3 is 0 Å². The molecule has 0 bridgehead atoms. The number of hydrogen-bond donors (Lipinski definition) is 1. The van der Waals surface area contributed by atoms with Crippen molar-refractivity contribution >= 4 is 35.0 Å². The summed E-state index contributed by atoms with van der Waals surface area (Å²) in [6, 6.07) is 4.14. The second kappa shape index (κ2) is 6.43. The lowest BCUT2D eigenvalue weighted by atomic mass is 10.1. The van der Waals surface area contributed by atoms with Crippen molar-refractivity contribution in [2.24, 2.45) is 0 Å². The third-order valence-corrected chi connectivity index (χ3v) is 3.74. The topological polar surface area (TPSA) is 58.6 Å². The minimum absolute atomic E-state index is 0.300. The zero-order chi connectivity index (χ0) is 14.7. The monoisotopic (exact) mass is 316 g/mol. The predicted molar refractivity (Wildman–Crippen MR) is 75.7 cm³/mol. The quantitative estimate of drug-likeness (QED) is 0.870. The Balaban J connectivity index is 2.23. The van der Waals surface area contributed by atoms with Crippen LogP contribution < -0.4 is 5.48 Å². The van der Waals surface area contributed by atoms with Crippen LogP contribution in [0.4, 0.5) is 0 Å². The van der Waals surface area contributed by atoms with Crippen molar-refractivity contribution in [2.75, 3.05) is 13.7 Å². The molecule has 7 heteroatoms. The van der Waals surface area contributed by atoms with Crippen molar-refractivity contribution in [3.8, 4) is 0 Å². The highest BCUT2D eigenvalue weighted by atomic mass is 35.5. The summed E-state index contributed by atoms with van der Waals surface area (Å²) >= 11 is 11.9. The lowest BCUT2D eigenvalue weighted by molar-refractivity contribution is -0.135. The van der Waals surface area contributed by atoms with Crippen LogP contribution >= 0.6 is 23.2 Å². The number of nitrogens with zero attached hydrogens (tertiary/aromatic N) is 1. The van der Waals surface area contributed by atoms with E-state index in [2.05, 4.69) is 10.3 Å². The Labute approximate surface area is 126 Å². The summed E-state index contributed by atoms with van der Waals surface area (Å²) < 4.78 is 0. The fraction of sp³-hybridized carbons (Fsp3) is 0.385. The van der Waals surface area contributed by atoms with Gasteiger partial charge in [0.25, 0.3) is 11.8 Å². The lowest BCUT2D eigenvalue weighted by Crippen LogP contribution is -2.45. The first-order valence-electron chi connectivity index (χ1n) is 6.13. The van der Waals surface area contributed by atoms with Crippen LogP contribution in [0, 0.1) is 0 Å². The molecule has 1 atom stereocenters. The highest BCUT2D eigenvalue weighted by Crippen LogP contribution is 2.26. The Bertz CT molecular complexity index is 536. The third-order valence-electron chi connectivity index (χ3n) is 3.18. The molecule has 1 unspecified atom stereocenters. The third kappa shape index (κ3) is 3.06. The van der Waals surface area contributed by atoms with Gasteiger partial charge in [0, 0.05) is 11.6 Å². The van der Waals surface area contributed by atoms with E-state index >= 15 is 0 Å². The van der Waals surface area contributed by atoms with E-state index < -0.39 is 6.04 Å². The second-order valence-corrected chi connectivity index (χ2v) is 5.29. The van der Waals surface area contributed by atoms with Crippen LogP contribution in [-0.4, -0.2) is 36.4 Å². The summed E-state index contributed by atoms with van der Waals surface area (Å²) in [5.74, 6) is -0.636. The van der Waals surface area contributed by atoms with E-state index in [1.165, 1.54) is 18.1 Å². The molecule has 0 aromatic heterocycles. The summed E-state index contributed by atoms with van der Waals surface area (Å²) in [7, 11) is 1.35. The van der Waals surface area contributed by atoms with E-state index in [9.17, 15) is 9.59 Å². The first kappa shape index (κ1) is 15.1. The molecule has 0 saturated carbocycles. The fourth-order valence-corrected chi connectivity index (χ4v) is 2.64. The van der Waals surface area contributed by atoms with Gasteiger partial charge in [0.1, 0.15) is 6.04 Å². The number of amides is 2. The number of hydrogen-bond acceptors (Lipinski definition) is 3. The number of halogens is 2. The lowest BCUT2D eigenvalue weighted by Gasteiger charge is -2.24. The van der Waals surface area contributed by atoms with E-state index in [4.69, 9.17) is 23.2 Å². The van der Waals surface area contributed by atoms with Crippen LogP contribution in [0.15, 0.2) is 18.2 Å². The molecule has 1 saturated heterocycles. The van der Waals surface area contributed by atoms with E-state index in [0.717, 1.165) is 6.42 Å². The maximum atomic E-state index is 12.5. The van der Waals surface area contributed by atoms with E-state index in [-0.39, 0.29) is 11.8 Å². The van der Waals surface area contributed by atoms with Crippen molar-refractivity contribution in [1.29, 1.82) is 0 Å². The molecule has 1 aliphatic heterocycles. The Kier molecular flexibility index (Phi) is 4.86. The molecule has 0 spiro atoms. The van der Waals surface area contributed by atoms with Gasteiger partial charge in [-0.3, -0.25) is 14.4 Å². The van der Waals surface area contributed by atoms with Gasteiger partial charge in [-0.1, -0.05) is 23.2 Å². The molecule has 5 nitrogen and oxygen atoms in total. The Morgan fingerprint density at radius 1 is 1.40 bits per heavy atom. The average molecular weight is 317 g/mol.